The van der Waals surface area contributed by atoms with Crippen molar-refractivity contribution in [2.75, 3.05) is 17.3 Å². The third-order valence-corrected chi connectivity index (χ3v) is 2.15. The largest absolute Gasteiger partial charge is 0.416 e. The fourth-order valence-electron chi connectivity index (χ4n) is 1.18. The van der Waals surface area contributed by atoms with Gasteiger partial charge in [-0.3, -0.25) is 0 Å². The minimum absolute atomic E-state index is 0.385. The molecule has 1 rings (SSSR count). The van der Waals surface area contributed by atoms with Gasteiger partial charge >= 0.3 is 12.4 Å². The number of aromatic nitrogens is 1. The molecular weight excluding hydrogens is 294 g/mol. The van der Waals surface area contributed by atoms with Gasteiger partial charge in [-0.1, -0.05) is 0 Å². The molecular formula is C9H10F6N4O. The predicted molar refractivity (Wildman–Crippen MR) is 57.6 cm³/mol. The molecule has 20 heavy (non-hydrogen) atoms. The van der Waals surface area contributed by atoms with Gasteiger partial charge in [0.25, 0.3) is 0 Å². The summed E-state index contributed by atoms with van der Waals surface area (Å²) >= 11 is 0. The highest BCUT2D eigenvalue weighted by molar-refractivity contribution is 5.49. The number of aliphatic hydroxyl groups excluding tert-OH is 1. The summed E-state index contributed by atoms with van der Waals surface area (Å²) in [7, 11) is 0. The second-order valence-electron chi connectivity index (χ2n) is 3.71. The van der Waals surface area contributed by atoms with Crippen LogP contribution in [-0.2, 0) is 6.18 Å². The van der Waals surface area contributed by atoms with Crippen LogP contribution in [0.1, 0.15) is 5.56 Å². The number of halogens is 6. The number of hydrazine groups is 1. The van der Waals surface area contributed by atoms with Gasteiger partial charge in [0.15, 0.2) is 6.10 Å². The first-order valence-electron chi connectivity index (χ1n) is 5.08. The molecule has 0 amide bonds. The van der Waals surface area contributed by atoms with Crippen molar-refractivity contribution in [1.82, 2.24) is 4.98 Å². The van der Waals surface area contributed by atoms with Crippen LogP contribution in [0.2, 0.25) is 0 Å². The highest BCUT2D eigenvalue weighted by Gasteiger charge is 2.38. The Balaban J connectivity index is 2.90. The minimum Gasteiger partial charge on any atom is -0.382 e. The van der Waals surface area contributed by atoms with Gasteiger partial charge in [0, 0.05) is 0 Å². The molecule has 0 saturated heterocycles. The van der Waals surface area contributed by atoms with Gasteiger partial charge in [-0.05, 0) is 12.1 Å². The Bertz CT molecular complexity index is 461. The van der Waals surface area contributed by atoms with Crippen molar-refractivity contribution in [3.63, 3.8) is 0 Å². The number of nitrogens with one attached hydrogen (secondary N) is 2. The van der Waals surface area contributed by atoms with E-state index < -0.39 is 36.4 Å². The van der Waals surface area contributed by atoms with E-state index in [4.69, 9.17) is 10.9 Å². The zero-order chi connectivity index (χ0) is 15.6. The van der Waals surface area contributed by atoms with Gasteiger partial charge in [0.05, 0.1) is 12.1 Å². The molecule has 5 N–H and O–H groups in total. The van der Waals surface area contributed by atoms with Crippen LogP contribution in [0.25, 0.3) is 0 Å². The van der Waals surface area contributed by atoms with E-state index >= 15 is 0 Å². The molecule has 0 aromatic carbocycles. The van der Waals surface area contributed by atoms with Gasteiger partial charge in [-0.25, -0.2) is 10.8 Å². The SMILES string of the molecule is NNc1cc(C(F)(F)F)cc(NCC(O)C(F)(F)F)n1. The van der Waals surface area contributed by atoms with Crippen molar-refractivity contribution < 1.29 is 31.4 Å². The van der Waals surface area contributed by atoms with E-state index in [1.807, 2.05) is 10.7 Å². The number of aliphatic hydroxyl groups is 1. The van der Waals surface area contributed by atoms with Gasteiger partial charge < -0.3 is 15.8 Å². The molecule has 0 aliphatic rings. The predicted octanol–water partition coefficient (Wildman–Crippen LogP) is 1.72. The number of pyridine rings is 1. The van der Waals surface area contributed by atoms with E-state index in [9.17, 15) is 26.3 Å². The average molecular weight is 304 g/mol. The van der Waals surface area contributed by atoms with Crippen molar-refractivity contribution >= 4 is 11.6 Å². The third-order valence-electron chi connectivity index (χ3n) is 2.15. The maximum Gasteiger partial charge on any atom is 0.416 e. The van der Waals surface area contributed by atoms with Gasteiger partial charge in [-0.15, -0.1) is 0 Å². The van der Waals surface area contributed by atoms with Crippen LogP contribution >= 0.6 is 0 Å². The number of nitrogens with two attached hydrogens (primary N) is 1. The second-order valence-corrected chi connectivity index (χ2v) is 3.71. The Labute approximate surface area is 108 Å². The highest BCUT2D eigenvalue weighted by atomic mass is 19.4. The van der Waals surface area contributed by atoms with E-state index in [1.54, 1.807) is 0 Å². The van der Waals surface area contributed by atoms with E-state index in [0.29, 0.717) is 12.1 Å². The number of alkyl halides is 6. The van der Waals surface area contributed by atoms with Crippen LogP contribution in [0.4, 0.5) is 38.0 Å². The molecule has 1 atom stereocenters. The van der Waals surface area contributed by atoms with Crippen molar-refractivity contribution in [2.45, 2.75) is 18.5 Å². The summed E-state index contributed by atoms with van der Waals surface area (Å²) in [6.07, 6.45) is -12.3. The minimum atomic E-state index is -4.89. The molecule has 0 saturated carbocycles. The Morgan fingerprint density at radius 3 is 2.15 bits per heavy atom. The lowest BCUT2D eigenvalue weighted by Gasteiger charge is -2.16. The average Bonchev–Trinajstić information content (AvgIpc) is 2.33. The summed E-state index contributed by atoms with van der Waals surface area (Å²) < 4.78 is 73.7. The smallest absolute Gasteiger partial charge is 0.382 e. The van der Waals surface area contributed by atoms with Gasteiger partial charge in [0.2, 0.25) is 0 Å². The molecule has 1 aromatic rings. The van der Waals surface area contributed by atoms with E-state index in [1.165, 1.54) is 0 Å². The summed E-state index contributed by atoms with van der Waals surface area (Å²) in [5.41, 5.74) is 0.713. The highest BCUT2D eigenvalue weighted by Crippen LogP contribution is 2.32. The van der Waals surface area contributed by atoms with Crippen LogP contribution < -0.4 is 16.6 Å². The molecule has 0 spiro atoms. The van der Waals surface area contributed by atoms with E-state index in [-0.39, 0.29) is 5.82 Å². The molecule has 0 bridgehead atoms. The maximum atomic E-state index is 12.5. The number of rotatable bonds is 4. The van der Waals surface area contributed by atoms with Crippen LogP contribution in [0.3, 0.4) is 0 Å². The number of hydrogen-bond donors (Lipinski definition) is 4. The first kappa shape index (κ1) is 16.3. The maximum absolute atomic E-state index is 12.5. The van der Waals surface area contributed by atoms with E-state index in [2.05, 4.69) is 4.98 Å². The molecule has 1 unspecified atom stereocenters. The number of nitrogens with zero attached hydrogens (tertiary/aromatic N) is 1. The standard InChI is InChI=1S/C9H10F6N4O/c10-8(11,12)4-1-6(18-7(2-4)19-16)17-3-5(20)9(13,14)15/h1-2,5,20H,3,16H2,(H2,17,18,19). The normalized spacial score (nSPS) is 14.0. The Kier molecular flexibility index (Phi) is 4.65. The van der Waals surface area contributed by atoms with Crippen molar-refractivity contribution in [2.24, 2.45) is 5.84 Å². The zero-order valence-corrected chi connectivity index (χ0v) is 9.68. The molecule has 0 fully saturated rings. The summed E-state index contributed by atoms with van der Waals surface area (Å²) in [5.74, 6) is 4.03. The zero-order valence-electron chi connectivity index (χ0n) is 9.68. The molecule has 1 heterocycles. The van der Waals surface area contributed by atoms with Crippen molar-refractivity contribution in [3.05, 3.63) is 17.7 Å². The molecule has 1 aromatic heterocycles. The molecule has 0 aliphatic carbocycles. The lowest BCUT2D eigenvalue weighted by Crippen LogP contribution is -2.35. The quantitative estimate of drug-likeness (QED) is 0.387. The Hall–Kier alpha value is -1.75. The van der Waals surface area contributed by atoms with E-state index in [0.717, 1.165) is 0 Å². The first-order chi connectivity index (χ1) is 9.04. The van der Waals surface area contributed by atoms with Crippen LogP contribution in [0.15, 0.2) is 12.1 Å². The first-order valence-corrected chi connectivity index (χ1v) is 5.08. The van der Waals surface area contributed by atoms with Crippen molar-refractivity contribution in [3.8, 4) is 0 Å². The molecule has 114 valence electrons. The van der Waals surface area contributed by atoms with Crippen molar-refractivity contribution in [1.29, 1.82) is 0 Å². The van der Waals surface area contributed by atoms with Crippen LogP contribution in [-0.4, -0.2) is 28.9 Å². The Morgan fingerprint density at radius 2 is 1.70 bits per heavy atom. The number of hydrogen-bond acceptors (Lipinski definition) is 5. The molecule has 5 nitrogen and oxygen atoms in total. The Morgan fingerprint density at radius 1 is 1.15 bits per heavy atom. The summed E-state index contributed by atoms with van der Waals surface area (Å²) in [6.45, 7) is -1.04. The topological polar surface area (TPSA) is 83.2 Å². The number of nitrogen functional groups attached to an aromatic ring is 1. The monoisotopic (exact) mass is 304 g/mol. The molecule has 0 radical (unpaired) electrons. The summed E-state index contributed by atoms with van der Waals surface area (Å²) in [5, 5.41) is 10.7. The van der Waals surface area contributed by atoms with Gasteiger partial charge in [-0.2, -0.15) is 26.3 Å². The number of anilines is 2. The van der Waals surface area contributed by atoms with Crippen LogP contribution in [0, 0.1) is 0 Å². The fraction of sp³-hybridized carbons (Fsp3) is 0.444. The third kappa shape index (κ3) is 4.42. The lowest BCUT2D eigenvalue weighted by molar-refractivity contribution is -0.198. The summed E-state index contributed by atoms with van der Waals surface area (Å²) in [6, 6.07) is 1.09. The molecule has 11 heteroatoms. The van der Waals surface area contributed by atoms with Gasteiger partial charge in [0.1, 0.15) is 11.6 Å². The fourth-order valence-corrected chi connectivity index (χ4v) is 1.18. The second kappa shape index (κ2) is 5.71. The summed E-state index contributed by atoms with van der Waals surface area (Å²) in [4.78, 5) is 3.49. The lowest BCUT2D eigenvalue weighted by atomic mass is 10.2. The van der Waals surface area contributed by atoms with Crippen LogP contribution in [0.5, 0.6) is 0 Å². The molecule has 0 aliphatic heterocycles.